The van der Waals surface area contributed by atoms with Gasteiger partial charge in [0.2, 0.25) is 11.8 Å². The first-order valence-corrected chi connectivity index (χ1v) is 14.8. The van der Waals surface area contributed by atoms with Crippen molar-refractivity contribution in [3.8, 4) is 23.1 Å². The smallest absolute Gasteiger partial charge is 0.238 e. The average Bonchev–Trinajstić information content (AvgIpc) is 3.01. The van der Waals surface area contributed by atoms with Crippen molar-refractivity contribution in [3.05, 3.63) is 72.6 Å². The molecule has 5 rings (SSSR count). The highest BCUT2D eigenvalue weighted by molar-refractivity contribution is 6.13. The highest BCUT2D eigenvalue weighted by Crippen LogP contribution is 2.43. The van der Waals surface area contributed by atoms with Crippen LogP contribution in [0.2, 0.25) is 0 Å². The van der Waals surface area contributed by atoms with Crippen molar-refractivity contribution >= 4 is 34.0 Å². The first-order valence-electron chi connectivity index (χ1n) is 14.8. The molecule has 236 valence electrons. The number of carbonyl (C=O) groups excluding carboxylic acids is 1. The van der Waals surface area contributed by atoms with Crippen LogP contribution in [0, 0.1) is 17.0 Å². The molecule has 3 N–H and O–H groups in total. The largest absolute Gasteiger partial charge is 0.493 e. The zero-order valence-electron chi connectivity index (χ0n) is 25.5. The number of halogens is 2. The number of hydrogen-bond donors (Lipinski definition) is 2. The van der Waals surface area contributed by atoms with Gasteiger partial charge in [0.15, 0.2) is 23.1 Å². The summed E-state index contributed by atoms with van der Waals surface area (Å²) in [7, 11) is 1.54. The summed E-state index contributed by atoms with van der Waals surface area (Å²) in [4.78, 5) is 28.3. The maximum absolute atomic E-state index is 15.3. The summed E-state index contributed by atoms with van der Waals surface area (Å²) < 4.78 is 46.0. The average molecular weight is 619 g/mol. The maximum atomic E-state index is 15.3. The number of amides is 1. The minimum atomic E-state index is -1.03. The van der Waals surface area contributed by atoms with Crippen LogP contribution in [-0.4, -0.2) is 60.0 Å². The van der Waals surface area contributed by atoms with Crippen LogP contribution >= 0.6 is 0 Å². The van der Waals surface area contributed by atoms with Gasteiger partial charge in [-0.25, -0.2) is 23.7 Å². The van der Waals surface area contributed by atoms with Gasteiger partial charge in [-0.05, 0) is 68.4 Å². The van der Waals surface area contributed by atoms with Crippen LogP contribution in [0.15, 0.2) is 65.9 Å². The Balaban J connectivity index is 1.33. The topological polar surface area (TPSA) is 124 Å². The number of rotatable bonds is 13. The molecule has 10 nitrogen and oxygen atoms in total. The summed E-state index contributed by atoms with van der Waals surface area (Å²) >= 11 is 0. The SMILES string of the molecule is CCN(CC)CCOc1cc2ncnc(Oc3ccc(N=C(N)C4(C(=O)Nc5ccc(F)cc5)CCC4)cc3F)c2cc1OC. The summed E-state index contributed by atoms with van der Waals surface area (Å²) in [6.07, 6.45) is 3.10. The van der Waals surface area contributed by atoms with E-state index in [0.717, 1.165) is 26.1 Å². The van der Waals surface area contributed by atoms with E-state index >= 15 is 4.39 Å². The molecular weight excluding hydrogens is 582 g/mol. The van der Waals surface area contributed by atoms with Gasteiger partial charge in [0, 0.05) is 24.4 Å². The third-order valence-corrected chi connectivity index (χ3v) is 8.05. The highest BCUT2D eigenvalue weighted by atomic mass is 19.1. The Hall–Kier alpha value is -4.84. The van der Waals surface area contributed by atoms with E-state index in [0.29, 0.717) is 47.5 Å². The lowest BCUT2D eigenvalue weighted by Crippen LogP contribution is -2.51. The predicted molar refractivity (Wildman–Crippen MR) is 168 cm³/mol. The predicted octanol–water partition coefficient (Wildman–Crippen LogP) is 6.23. The number of anilines is 1. The number of fused-ring (bicyclic) bond motifs is 1. The first-order chi connectivity index (χ1) is 21.8. The number of nitrogens with zero attached hydrogens (tertiary/aromatic N) is 4. The van der Waals surface area contributed by atoms with Crippen LogP contribution in [0.1, 0.15) is 33.1 Å². The van der Waals surface area contributed by atoms with Crippen LogP contribution in [-0.2, 0) is 4.79 Å². The van der Waals surface area contributed by atoms with Gasteiger partial charge in [0.1, 0.15) is 30.0 Å². The molecule has 1 amide bonds. The normalized spacial score (nSPS) is 14.2. The van der Waals surface area contributed by atoms with Gasteiger partial charge in [-0.2, -0.15) is 0 Å². The fraction of sp³-hybridized carbons (Fsp3) is 0.333. The number of carbonyl (C=O) groups is 1. The summed E-state index contributed by atoms with van der Waals surface area (Å²) in [6.45, 7) is 7.29. The number of aliphatic imine (C=N–C) groups is 1. The molecule has 45 heavy (non-hydrogen) atoms. The van der Waals surface area contributed by atoms with Crippen LogP contribution in [0.3, 0.4) is 0 Å². The van der Waals surface area contributed by atoms with Gasteiger partial charge in [-0.15, -0.1) is 0 Å². The summed E-state index contributed by atoms with van der Waals surface area (Å²) in [5.74, 6) is -0.324. The van der Waals surface area contributed by atoms with E-state index in [4.69, 9.17) is 19.9 Å². The number of hydrogen-bond acceptors (Lipinski definition) is 8. The second-order valence-corrected chi connectivity index (χ2v) is 10.7. The minimum absolute atomic E-state index is 0.0745. The molecule has 0 bridgehead atoms. The van der Waals surface area contributed by atoms with E-state index < -0.39 is 17.0 Å². The fourth-order valence-corrected chi connectivity index (χ4v) is 5.12. The minimum Gasteiger partial charge on any atom is -0.493 e. The zero-order chi connectivity index (χ0) is 32.0. The summed E-state index contributed by atoms with van der Waals surface area (Å²) in [5.41, 5.74) is 6.50. The Bertz CT molecular complexity index is 1690. The maximum Gasteiger partial charge on any atom is 0.238 e. The number of amidine groups is 1. The third-order valence-electron chi connectivity index (χ3n) is 8.05. The lowest BCUT2D eigenvalue weighted by Gasteiger charge is -2.39. The second-order valence-electron chi connectivity index (χ2n) is 10.7. The fourth-order valence-electron chi connectivity index (χ4n) is 5.12. The number of likely N-dealkylation sites (N-methyl/N-ethyl adjacent to an activating group) is 1. The monoisotopic (exact) mass is 618 g/mol. The molecule has 0 spiro atoms. The van der Waals surface area contributed by atoms with E-state index in [1.165, 1.54) is 49.8 Å². The first kappa shape index (κ1) is 31.6. The van der Waals surface area contributed by atoms with Crippen molar-refractivity contribution in [2.45, 2.75) is 33.1 Å². The molecule has 4 aromatic rings. The molecule has 0 aliphatic heterocycles. The van der Waals surface area contributed by atoms with Crippen molar-refractivity contribution in [2.75, 3.05) is 38.7 Å². The van der Waals surface area contributed by atoms with Crippen molar-refractivity contribution in [2.24, 2.45) is 16.1 Å². The van der Waals surface area contributed by atoms with Crippen LogP contribution in [0.4, 0.5) is 20.2 Å². The van der Waals surface area contributed by atoms with Crippen molar-refractivity contribution in [1.82, 2.24) is 14.9 Å². The Morgan fingerprint density at radius 1 is 1.02 bits per heavy atom. The van der Waals surface area contributed by atoms with Crippen molar-refractivity contribution < 1.29 is 27.8 Å². The number of benzene rings is 3. The van der Waals surface area contributed by atoms with E-state index in [1.807, 2.05) is 0 Å². The quantitative estimate of drug-likeness (QED) is 0.134. The van der Waals surface area contributed by atoms with Crippen LogP contribution in [0.25, 0.3) is 10.9 Å². The second kappa shape index (κ2) is 13.9. The number of ether oxygens (including phenoxy) is 3. The van der Waals surface area contributed by atoms with E-state index in [9.17, 15) is 9.18 Å². The van der Waals surface area contributed by atoms with Gasteiger partial charge in [0.05, 0.1) is 23.7 Å². The van der Waals surface area contributed by atoms with E-state index in [-0.39, 0.29) is 29.1 Å². The summed E-state index contributed by atoms with van der Waals surface area (Å²) in [6, 6.07) is 13.0. The highest BCUT2D eigenvalue weighted by Gasteiger charge is 2.48. The van der Waals surface area contributed by atoms with Crippen molar-refractivity contribution in [1.29, 1.82) is 0 Å². The molecular formula is C33H36F2N6O4. The molecule has 1 heterocycles. The number of methoxy groups -OCH3 is 1. The van der Waals surface area contributed by atoms with Gasteiger partial charge in [0.25, 0.3) is 0 Å². The number of nitrogens with two attached hydrogens (primary N) is 1. The lowest BCUT2D eigenvalue weighted by molar-refractivity contribution is -0.125. The Morgan fingerprint density at radius 2 is 1.78 bits per heavy atom. The molecule has 1 aromatic heterocycles. The Morgan fingerprint density at radius 3 is 2.42 bits per heavy atom. The molecule has 12 heteroatoms. The molecule has 0 saturated heterocycles. The third kappa shape index (κ3) is 6.96. The zero-order valence-corrected chi connectivity index (χ0v) is 25.5. The van der Waals surface area contributed by atoms with Gasteiger partial charge in [-0.1, -0.05) is 20.3 Å². The van der Waals surface area contributed by atoms with E-state index in [1.54, 1.807) is 18.2 Å². The van der Waals surface area contributed by atoms with Crippen molar-refractivity contribution in [3.63, 3.8) is 0 Å². The number of nitrogens with one attached hydrogen (secondary N) is 1. The molecule has 0 radical (unpaired) electrons. The molecule has 1 aliphatic carbocycles. The molecule has 0 atom stereocenters. The molecule has 1 aliphatic rings. The van der Waals surface area contributed by atoms with Crippen LogP contribution < -0.4 is 25.3 Å². The van der Waals surface area contributed by atoms with Gasteiger partial charge < -0.3 is 30.2 Å². The van der Waals surface area contributed by atoms with Gasteiger partial charge >= 0.3 is 0 Å². The Kier molecular flexibility index (Phi) is 9.72. The molecule has 1 fully saturated rings. The standard InChI is InChI=1S/C33H36F2N6O4/c1-4-41(5-2)15-16-44-29-19-26-24(18-28(29)43-3)30(38-20-37-26)45-27-12-11-23(17-25(27)35)39-31(36)33(13-6-14-33)32(42)40-22-9-7-21(34)8-10-22/h7-12,17-20H,4-6,13-16H2,1-3H3,(H2,36,39)(H,40,42). The molecule has 1 saturated carbocycles. The number of aromatic nitrogens is 2. The Labute approximate surface area is 260 Å². The molecule has 0 unspecified atom stereocenters. The molecule has 3 aromatic carbocycles. The van der Waals surface area contributed by atoms with Gasteiger partial charge in [-0.3, -0.25) is 4.79 Å². The van der Waals surface area contributed by atoms with Crippen LogP contribution in [0.5, 0.6) is 23.1 Å². The lowest BCUT2D eigenvalue weighted by atomic mass is 9.67. The van der Waals surface area contributed by atoms with E-state index in [2.05, 4.69) is 39.0 Å². The summed E-state index contributed by atoms with van der Waals surface area (Å²) in [5, 5.41) is 3.29.